The molecule has 2 fully saturated rings. The predicted molar refractivity (Wildman–Crippen MR) is 497 cm³/mol. The number of likely N-dealkylation sites (tertiary alicyclic amines) is 2. The van der Waals surface area contributed by atoms with Crippen molar-refractivity contribution < 1.29 is 62.7 Å². The number of β-amino-alcohol motifs (C(OH)–C–C–N with tert-alkyl or cyclic N) is 2. The first kappa shape index (κ1) is 97.6. The number of aliphatic hydroxyl groups excluding tert-OH is 2. The second-order valence-electron chi connectivity index (χ2n) is 33.0. The number of halogens is 1. The summed E-state index contributed by atoms with van der Waals surface area (Å²) in [4.78, 5) is 114. The van der Waals surface area contributed by atoms with E-state index < -0.39 is 76.9 Å². The number of fused-ring (bicyclic) bond motifs is 3. The van der Waals surface area contributed by atoms with Gasteiger partial charge in [0, 0.05) is 66.1 Å². The highest BCUT2D eigenvalue weighted by atomic mass is 35.5. The summed E-state index contributed by atoms with van der Waals surface area (Å²) in [5, 5.41) is 46.0. The van der Waals surface area contributed by atoms with Gasteiger partial charge in [0.25, 0.3) is 0 Å². The number of amides is 7. The number of thiazole rings is 2. The minimum Gasteiger partial charge on any atom is -0.481 e. The molecule has 9 N–H and O–H groups in total. The van der Waals surface area contributed by atoms with Gasteiger partial charge in [0.05, 0.1) is 62.5 Å². The zero-order valence-corrected chi connectivity index (χ0v) is 77.4. The van der Waals surface area contributed by atoms with Crippen molar-refractivity contribution in [3.63, 3.8) is 0 Å². The van der Waals surface area contributed by atoms with Gasteiger partial charge in [-0.15, -0.1) is 44.2 Å². The van der Waals surface area contributed by atoms with E-state index in [0.29, 0.717) is 22.3 Å². The summed E-state index contributed by atoms with van der Waals surface area (Å²) >= 11 is 11.1. The minimum absolute atomic E-state index is 0. The molecule has 9 aromatic rings. The summed E-state index contributed by atoms with van der Waals surface area (Å²) in [6.45, 7) is 24.6. The molecule has 7 heterocycles. The van der Waals surface area contributed by atoms with Crippen molar-refractivity contribution in [3.8, 4) is 84.7 Å². The lowest BCUT2D eigenvalue weighted by molar-refractivity contribution is -0.144. The van der Waals surface area contributed by atoms with Crippen LogP contribution in [0.4, 0.5) is 0 Å². The minimum atomic E-state index is -1.00. The van der Waals surface area contributed by atoms with Gasteiger partial charge < -0.3 is 71.3 Å². The first-order valence-electron chi connectivity index (χ1n) is 41.2. The molecule has 3 aliphatic heterocycles. The first-order chi connectivity index (χ1) is 60.2. The standard InChI is InChI=1S/C57H60ClN9O7S2.C38H45N5O6S.H2S/c1-33-36(4)76-56-49(33)50(40-17-21-42(58)22-18-40)62-45(53-65-64-37(5)67(53)56)28-47(69)61-34(2)39-19-23-44(24-20-39)74-26-12-10-9-11-25-73-31-48(70)63-52(57(6,7)8)55(72)66-30-43(68)27-46(66)54(71)59-29-38-13-15-41(16-14-38)51-35(3)60-32-75-51;1-25(39)28-14-16-31(17-15-28)49-19-9-7-6-8-18-48-23-33(45)42-35(38(3,4)5)37(47)43-22-30(44)20-32(43)36(46)40-21-27-10-12-29(13-11-27)34-26(2)41-24-50-34;/h13-24,32,34,43,45-46,52,68H,25-31H2,1-8H3,(H,59,71)(H,61,69)(H,63,70);10-17,24-25,30,32,35,44H,18-23,39H2,1-5H3,(H,40,46)(H,42,45);1H2/t34-,43-,45+,46+,52-;25-,30-,32+,35-;/m11./s1. The van der Waals surface area contributed by atoms with Crippen LogP contribution in [-0.2, 0) is 56.1 Å². The molecule has 5 aromatic carbocycles. The number of nitrogens with zero attached hydrogens (tertiary/aromatic N) is 8. The van der Waals surface area contributed by atoms with Gasteiger partial charge in [-0.1, -0.05) is 150 Å². The summed E-state index contributed by atoms with van der Waals surface area (Å²) in [6.07, 6.45) is -1.52. The fraction of sp³-hybridized carbons (Fsp3) is 0.389. The number of rotatable bonds is 28. The Balaban J connectivity index is 0.000000286. The fourth-order valence-corrected chi connectivity index (χ4v) is 17.3. The maximum atomic E-state index is 14.0. The van der Waals surface area contributed by atoms with Gasteiger partial charge in [0.1, 0.15) is 92.2 Å². The smallest absolute Gasteiger partial charge is 0.246 e. The van der Waals surface area contributed by atoms with Crippen molar-refractivity contribution in [3.05, 3.63) is 204 Å². The lowest BCUT2D eigenvalue weighted by atomic mass is 9.85. The van der Waals surface area contributed by atoms with E-state index >= 15 is 0 Å². The first-order valence-corrected chi connectivity index (χ1v) is 44.2. The lowest BCUT2D eigenvalue weighted by Gasteiger charge is -2.35. The fourth-order valence-electron chi connectivity index (χ4n) is 14.3. The van der Waals surface area contributed by atoms with E-state index in [2.05, 4.69) is 108 Å². The van der Waals surface area contributed by atoms with E-state index in [0.717, 1.165) is 92.6 Å². The molecule has 32 heteroatoms. The molecular weight excluding hydrogens is 1710 g/mol. The van der Waals surface area contributed by atoms with Crippen LogP contribution in [0.5, 0.6) is 11.5 Å². The molecule has 0 unspecified atom stereocenters. The summed E-state index contributed by atoms with van der Waals surface area (Å²) in [5.41, 5.74) is 19.5. The summed E-state index contributed by atoms with van der Waals surface area (Å²) in [7, 11) is 0. The van der Waals surface area contributed by atoms with E-state index in [1.165, 1.54) is 9.80 Å². The predicted octanol–water partition coefficient (Wildman–Crippen LogP) is 11.2. The van der Waals surface area contributed by atoms with E-state index in [9.17, 15) is 43.8 Å². The van der Waals surface area contributed by atoms with E-state index in [-0.39, 0.29) is 128 Å². The molecule has 0 bridgehead atoms. The van der Waals surface area contributed by atoms with Gasteiger partial charge in [-0.3, -0.25) is 43.1 Å². The second kappa shape index (κ2) is 45.2. The van der Waals surface area contributed by atoms with Crippen LogP contribution in [0.3, 0.4) is 0 Å². The Morgan fingerprint density at radius 1 is 0.567 bits per heavy atom. The molecule has 666 valence electrons. The number of hydrogen-bond acceptors (Lipinski definition) is 22. The van der Waals surface area contributed by atoms with Crippen LogP contribution in [0.1, 0.15) is 160 Å². The number of aryl methyl sites for hydroxylation is 4. The van der Waals surface area contributed by atoms with Crippen molar-refractivity contribution >= 4 is 106 Å². The van der Waals surface area contributed by atoms with Gasteiger partial charge in [0.2, 0.25) is 41.4 Å². The Labute approximate surface area is 765 Å². The van der Waals surface area contributed by atoms with Gasteiger partial charge >= 0.3 is 0 Å². The quantitative estimate of drug-likeness (QED) is 0.0167. The molecular formula is C95H107ClN14O13S4. The Morgan fingerprint density at radius 2 is 1.00 bits per heavy atom. The number of aliphatic imine (C=N–C) groups is 1. The largest absolute Gasteiger partial charge is 0.481 e. The van der Waals surface area contributed by atoms with Crippen molar-refractivity contribution in [2.45, 2.75) is 177 Å². The average Bonchev–Trinajstić information content (AvgIpc) is 1.59. The van der Waals surface area contributed by atoms with Crippen LogP contribution in [0.25, 0.3) is 25.9 Å². The Morgan fingerprint density at radius 3 is 1.43 bits per heavy atom. The summed E-state index contributed by atoms with van der Waals surface area (Å²) < 4.78 is 24.2. The maximum Gasteiger partial charge on any atom is 0.246 e. The number of nitrogens with one attached hydrogen (secondary N) is 5. The molecule has 2 saturated heterocycles. The van der Waals surface area contributed by atoms with Crippen LogP contribution in [0.15, 0.2) is 137 Å². The Hall–Kier alpha value is -11.6. The normalized spacial score (nSPS) is 16.5. The Bertz CT molecular complexity index is 5680. The summed E-state index contributed by atoms with van der Waals surface area (Å²) in [6, 6.07) is 33.4. The van der Waals surface area contributed by atoms with Crippen molar-refractivity contribution in [2.24, 2.45) is 21.6 Å². The van der Waals surface area contributed by atoms with Crippen LogP contribution in [0.2, 0.25) is 5.02 Å². The molecule has 7 amide bonds. The van der Waals surface area contributed by atoms with Gasteiger partial charge in [-0.05, 0) is 170 Å². The van der Waals surface area contributed by atoms with Crippen molar-refractivity contribution in [1.29, 1.82) is 0 Å². The number of ether oxygens (including phenoxy) is 4. The molecule has 12 rings (SSSR count). The molecule has 9 atom stereocenters. The van der Waals surface area contributed by atoms with Crippen LogP contribution >= 0.6 is 59.1 Å². The number of aromatic nitrogens is 5. The third-order valence-corrected chi connectivity index (χ3v) is 24.6. The highest BCUT2D eigenvalue weighted by molar-refractivity contribution is 7.59. The highest BCUT2D eigenvalue weighted by Gasteiger charge is 2.47. The highest BCUT2D eigenvalue weighted by Crippen LogP contribution is 2.41. The molecule has 27 nitrogen and oxygen atoms in total. The molecule has 4 aromatic heterocycles. The third-order valence-electron chi connectivity index (χ3n) is 21.2. The molecule has 0 aliphatic carbocycles. The van der Waals surface area contributed by atoms with Crippen LogP contribution in [-0.4, -0.2) is 181 Å². The monoisotopic (exact) mass is 1810 g/mol. The van der Waals surface area contributed by atoms with Crippen molar-refractivity contribution in [1.82, 2.24) is 61.1 Å². The van der Waals surface area contributed by atoms with E-state index in [4.69, 9.17) is 41.3 Å². The third kappa shape index (κ3) is 26.6. The Kier molecular flexibility index (Phi) is 34.8. The average molecular weight is 1820 g/mol. The maximum absolute atomic E-state index is 14.0. The number of thiophene rings is 1. The number of carbonyl (C=O) groups excluding carboxylic acids is 7. The molecule has 3 aliphatic rings. The topological polar surface area (TPSA) is 358 Å². The SMILES string of the molecule is Cc1ncsc1-c1ccc(CNC(=O)[C@@H]2C[C@@H](O)CN2C(=O)[C@@H](NC(=O)COCC#CC#CCOc2ccc([C@@H](C)N)cc2)C(C)(C)C)cc1.Cc1ncsc1-c1ccc(CNC(=O)[C@@H]2C[C@@H](O)CN2C(=O)[C@@H](NC(=O)COCC#CC#CCOc2ccc([C@@H](C)NC(=O)C[C@@H]3N=C(c4ccc(Cl)cc4)c4c(sc(C)c4C)-n4c(C)nnc43)cc2)C(C)(C)C)cc1.S. The van der Waals surface area contributed by atoms with Gasteiger partial charge in [0.15, 0.2) is 5.82 Å². The van der Waals surface area contributed by atoms with Crippen LogP contribution in [0, 0.1) is 92.8 Å². The number of benzene rings is 5. The van der Waals surface area contributed by atoms with Gasteiger partial charge in [-0.25, -0.2) is 9.97 Å². The number of carbonyl (C=O) groups is 7. The zero-order chi connectivity index (χ0) is 90.5. The molecule has 0 radical (unpaired) electrons. The lowest BCUT2D eigenvalue weighted by Crippen LogP contribution is -2.58. The van der Waals surface area contributed by atoms with Crippen LogP contribution < -0.4 is 41.8 Å². The number of hydrogen-bond donors (Lipinski definition) is 8. The van der Waals surface area contributed by atoms with Gasteiger partial charge in [-0.2, -0.15) is 13.5 Å². The summed E-state index contributed by atoms with van der Waals surface area (Å²) in [5.74, 6) is 21.5. The second-order valence-corrected chi connectivity index (χ2v) is 36.3. The number of aliphatic hydroxyl groups is 2. The van der Waals surface area contributed by atoms with E-state index in [1.54, 1.807) is 51.7 Å². The zero-order valence-electron chi connectivity index (χ0n) is 73.2. The molecule has 0 spiro atoms. The van der Waals surface area contributed by atoms with Crippen molar-refractivity contribution in [2.75, 3.05) is 52.7 Å². The molecule has 127 heavy (non-hydrogen) atoms. The molecule has 0 saturated carbocycles. The van der Waals surface area contributed by atoms with E-state index in [1.807, 2.05) is 195 Å². The number of nitrogens with two attached hydrogens (primary N) is 1.